The van der Waals surface area contributed by atoms with Crippen molar-refractivity contribution in [2.45, 2.75) is 188 Å². The van der Waals surface area contributed by atoms with Gasteiger partial charge in [0.25, 0.3) is 0 Å². The molecule has 0 aliphatic rings. The zero-order chi connectivity index (χ0) is 30.4. The van der Waals surface area contributed by atoms with Crippen LogP contribution in [0.15, 0.2) is 0 Å². The first-order chi connectivity index (χ1) is 19.9. The van der Waals surface area contributed by atoms with E-state index >= 15 is 0 Å². The average molecular weight is 621 g/mol. The molecule has 0 atom stereocenters. The van der Waals surface area contributed by atoms with Crippen molar-refractivity contribution >= 4 is 22.3 Å². The smallest absolute Gasteiger partial charge is 0.396 e. The van der Waals surface area contributed by atoms with Crippen molar-refractivity contribution in [3.05, 3.63) is 0 Å². The van der Waals surface area contributed by atoms with Gasteiger partial charge in [-0.05, 0) is 50.3 Å². The summed E-state index contributed by atoms with van der Waals surface area (Å²) in [6.45, 7) is 8.92. The number of unbranched alkanes of at least 4 members (excludes halogenated alkanes) is 20. The van der Waals surface area contributed by atoms with Crippen molar-refractivity contribution in [1.29, 1.82) is 0 Å². The van der Waals surface area contributed by atoms with E-state index in [0.717, 1.165) is 76.0 Å². The van der Waals surface area contributed by atoms with Gasteiger partial charge in [-0.2, -0.15) is 0 Å². The van der Waals surface area contributed by atoms with Crippen molar-refractivity contribution < 1.29 is 24.1 Å². The summed E-state index contributed by atoms with van der Waals surface area (Å²) in [6, 6.07) is 0. The Balaban J connectivity index is 5.19. The Kier molecular flexibility index (Phi) is 30.4. The Labute approximate surface area is 258 Å². The Morgan fingerprint density at radius 1 is 0.463 bits per heavy atom. The van der Waals surface area contributed by atoms with Crippen LogP contribution >= 0.6 is 16.3 Å². The second-order valence-corrected chi connectivity index (χ2v) is 16.1. The largest absolute Gasteiger partial charge is 0.475 e. The number of hydrogen-bond donors (Lipinski definition) is 2. The van der Waals surface area contributed by atoms with Gasteiger partial charge in [-0.15, -0.1) is 0 Å². The van der Waals surface area contributed by atoms with Crippen LogP contribution in [0.1, 0.15) is 182 Å². The number of carboxylic acid groups (broad SMARTS) is 1. The third-order valence-electron chi connectivity index (χ3n) is 7.82. The Morgan fingerprint density at radius 2 is 0.683 bits per heavy atom. The highest BCUT2D eigenvalue weighted by molar-refractivity contribution is 7.53. The maximum absolute atomic E-state index is 12.4. The summed E-state index contributed by atoms with van der Waals surface area (Å²) in [5.41, 5.74) is 0. The summed E-state index contributed by atoms with van der Waals surface area (Å²) in [4.78, 5) is 12.4. The third kappa shape index (κ3) is 25.3. The molecular weight excluding hydrogens is 550 g/mol. The Hall–Kier alpha value is 0.210. The van der Waals surface area contributed by atoms with Crippen LogP contribution in [0.25, 0.3) is 0 Å². The van der Waals surface area contributed by atoms with Crippen LogP contribution in [0, 0.1) is 0 Å². The van der Waals surface area contributed by atoms with Gasteiger partial charge >= 0.3 is 11.9 Å². The Morgan fingerprint density at radius 3 is 0.902 bits per heavy atom. The molecule has 0 aromatic heterocycles. The summed E-state index contributed by atoms with van der Waals surface area (Å²) >= 11 is 0. The summed E-state index contributed by atoms with van der Waals surface area (Å²) in [7, 11) is -2.10. The molecule has 0 aliphatic carbocycles. The second-order valence-electron chi connectivity index (χ2n) is 12.0. The molecule has 246 valence electrons. The molecule has 0 unspecified atom stereocenters. The summed E-state index contributed by atoms with van der Waals surface area (Å²) < 4.78 is 12.2. The average Bonchev–Trinajstić information content (AvgIpc) is 2.95. The summed E-state index contributed by atoms with van der Waals surface area (Å²) in [5, 5.41) is 21.4. The van der Waals surface area contributed by atoms with E-state index in [4.69, 9.17) is 9.05 Å². The van der Waals surface area contributed by atoms with Crippen LogP contribution in [0.2, 0.25) is 0 Å². The van der Waals surface area contributed by atoms with Crippen LogP contribution in [-0.2, 0) is 13.8 Å². The lowest BCUT2D eigenvalue weighted by molar-refractivity contribution is -0.265. The van der Waals surface area contributed by atoms with E-state index in [1.165, 1.54) is 103 Å². The number of carboxylic acids is 1. The minimum absolute atomic E-state index is 0.849. The van der Waals surface area contributed by atoms with E-state index in [1.54, 1.807) is 0 Å². The lowest BCUT2D eigenvalue weighted by Crippen LogP contribution is -2.42. The van der Waals surface area contributed by atoms with Gasteiger partial charge in [0, 0.05) is 16.3 Å². The van der Waals surface area contributed by atoms with Crippen LogP contribution in [0.4, 0.5) is 0 Å². The Bertz CT molecular complexity index is 493. The fraction of sp³-hybridized carbons (Fsp3) is 0.971. The highest BCUT2D eigenvalue weighted by Gasteiger charge is 2.44. The van der Waals surface area contributed by atoms with Gasteiger partial charge in [-0.3, -0.25) is 9.05 Å². The van der Waals surface area contributed by atoms with Gasteiger partial charge in [0.15, 0.2) is 0 Å². The maximum atomic E-state index is 12.4. The molecule has 0 radical (unpaired) electrons. The van der Waals surface area contributed by atoms with Crippen LogP contribution in [-0.4, -0.2) is 46.8 Å². The van der Waals surface area contributed by atoms with Crippen molar-refractivity contribution in [2.75, 3.05) is 24.6 Å². The number of aliphatic hydroxyl groups is 1. The molecule has 0 spiro atoms. The minimum atomic E-state index is -2.51. The number of aliphatic carboxylic acids is 1. The predicted molar refractivity (Wildman–Crippen MR) is 182 cm³/mol. The van der Waals surface area contributed by atoms with Crippen molar-refractivity contribution in [3.63, 3.8) is 0 Å². The highest BCUT2D eigenvalue weighted by atomic mass is 31.1. The molecule has 0 saturated carbocycles. The molecule has 0 heterocycles. The molecule has 0 bridgehead atoms. The van der Waals surface area contributed by atoms with E-state index in [2.05, 4.69) is 27.7 Å². The standard InChI is InChI=1S/C34H70O5P2/c1-5-9-13-17-21-25-29-40(30-26-22-18-14-10-6-2)38-34(37,33(35)36)39-41(31-27-23-19-15-11-7-3)32-28-24-20-16-12-8-4/h37H,5-32H2,1-4H3,(H,35,36). The van der Waals surface area contributed by atoms with Crippen LogP contribution < -0.4 is 0 Å². The van der Waals surface area contributed by atoms with E-state index in [0.29, 0.717) is 0 Å². The monoisotopic (exact) mass is 620 g/mol. The number of carbonyl (C=O) groups is 1. The number of hydrogen-bond acceptors (Lipinski definition) is 4. The van der Waals surface area contributed by atoms with Crippen molar-refractivity contribution in [3.8, 4) is 0 Å². The lowest BCUT2D eigenvalue weighted by Gasteiger charge is -2.32. The third-order valence-corrected chi connectivity index (χ3v) is 12.1. The summed E-state index contributed by atoms with van der Waals surface area (Å²) in [5.74, 6) is -3.89. The SMILES string of the molecule is CCCCCCCCP(CCCCCCCC)OC(O)(OP(CCCCCCCC)CCCCCCCC)C(=O)O. The summed E-state index contributed by atoms with van der Waals surface area (Å²) in [6.07, 6.45) is 32.1. The first-order valence-electron chi connectivity index (χ1n) is 17.8. The molecule has 0 fully saturated rings. The zero-order valence-electron chi connectivity index (χ0n) is 27.8. The van der Waals surface area contributed by atoms with Gasteiger partial charge in [-0.1, -0.05) is 156 Å². The first kappa shape index (κ1) is 41.2. The fourth-order valence-corrected chi connectivity index (χ4v) is 9.23. The van der Waals surface area contributed by atoms with Gasteiger partial charge in [-0.25, -0.2) is 4.79 Å². The van der Waals surface area contributed by atoms with Gasteiger partial charge in [0.05, 0.1) is 0 Å². The molecular formula is C34H70O5P2. The molecule has 0 saturated heterocycles. The van der Waals surface area contributed by atoms with Crippen LogP contribution in [0.3, 0.4) is 0 Å². The molecule has 0 rings (SSSR count). The molecule has 0 aliphatic heterocycles. The van der Waals surface area contributed by atoms with E-state index < -0.39 is 28.2 Å². The minimum Gasteiger partial charge on any atom is -0.475 e. The zero-order valence-corrected chi connectivity index (χ0v) is 29.6. The highest BCUT2D eigenvalue weighted by Crippen LogP contribution is 2.49. The first-order valence-corrected chi connectivity index (χ1v) is 21.0. The fourth-order valence-electron chi connectivity index (χ4n) is 5.12. The van der Waals surface area contributed by atoms with Gasteiger partial charge in [0.2, 0.25) is 0 Å². The predicted octanol–water partition coefficient (Wildman–Crippen LogP) is 12.0. The molecule has 5 nitrogen and oxygen atoms in total. The van der Waals surface area contributed by atoms with E-state index in [9.17, 15) is 15.0 Å². The molecule has 7 heteroatoms. The number of rotatable bonds is 33. The quantitative estimate of drug-likeness (QED) is 0.0434. The van der Waals surface area contributed by atoms with Crippen molar-refractivity contribution in [1.82, 2.24) is 0 Å². The maximum Gasteiger partial charge on any atom is 0.396 e. The second kappa shape index (κ2) is 30.2. The molecule has 0 aromatic rings. The molecule has 0 amide bonds. The van der Waals surface area contributed by atoms with Crippen molar-refractivity contribution in [2.24, 2.45) is 0 Å². The lowest BCUT2D eigenvalue weighted by atomic mass is 10.1. The topological polar surface area (TPSA) is 76.0 Å². The normalized spacial score (nSPS) is 12.2. The van der Waals surface area contributed by atoms with Gasteiger partial charge < -0.3 is 10.2 Å². The van der Waals surface area contributed by atoms with Crippen LogP contribution in [0.5, 0.6) is 0 Å². The molecule has 41 heavy (non-hydrogen) atoms. The van der Waals surface area contributed by atoms with Gasteiger partial charge in [0.1, 0.15) is 0 Å². The molecule has 0 aromatic carbocycles. The van der Waals surface area contributed by atoms with E-state index in [-0.39, 0.29) is 0 Å². The molecule has 2 N–H and O–H groups in total. The van der Waals surface area contributed by atoms with E-state index in [1.807, 2.05) is 0 Å².